The van der Waals surface area contributed by atoms with Crippen LogP contribution < -0.4 is 15.2 Å². The molecule has 3 nitrogen and oxygen atoms in total. The fourth-order valence-corrected chi connectivity index (χ4v) is 3.06. The highest BCUT2D eigenvalue weighted by Crippen LogP contribution is 2.38. The van der Waals surface area contributed by atoms with E-state index in [2.05, 4.69) is 5.43 Å². The Kier molecular flexibility index (Phi) is 3.27. The maximum Gasteiger partial charge on any atom is 0.152 e. The zero-order valence-electron chi connectivity index (χ0n) is 10.7. The maximum atomic E-state index is 14.1. The Labute approximate surface area is 117 Å². The Hall–Kier alpha value is -1.42. The van der Waals surface area contributed by atoms with Gasteiger partial charge in [0.05, 0.1) is 12.8 Å². The van der Waals surface area contributed by atoms with Gasteiger partial charge in [-0.25, -0.2) is 4.39 Å². The van der Waals surface area contributed by atoms with Gasteiger partial charge >= 0.3 is 0 Å². The predicted molar refractivity (Wildman–Crippen MR) is 73.7 cm³/mol. The van der Waals surface area contributed by atoms with Crippen LogP contribution in [0, 0.1) is 5.82 Å². The number of nitrogens with zero attached hydrogens (tertiary/aromatic N) is 1. The Morgan fingerprint density at radius 1 is 1.37 bits per heavy atom. The Bertz CT molecular complexity index is 532. The van der Waals surface area contributed by atoms with Crippen LogP contribution in [0.1, 0.15) is 25.7 Å². The predicted octanol–water partition coefficient (Wildman–Crippen LogP) is 3.55. The molecule has 1 aromatic carbocycles. The molecule has 0 radical (unpaired) electrons. The van der Waals surface area contributed by atoms with E-state index in [9.17, 15) is 4.39 Å². The molecule has 102 valence electrons. The summed E-state index contributed by atoms with van der Waals surface area (Å²) in [7, 11) is 1.52. The van der Waals surface area contributed by atoms with Crippen molar-refractivity contribution in [1.29, 1.82) is 0 Å². The summed E-state index contributed by atoms with van der Waals surface area (Å²) >= 11 is 6.44. The minimum atomic E-state index is -0.336. The lowest BCUT2D eigenvalue weighted by Crippen LogP contribution is -2.37. The number of hydrogen-bond acceptors (Lipinski definition) is 3. The average molecular weight is 283 g/mol. The van der Waals surface area contributed by atoms with E-state index in [0.29, 0.717) is 11.4 Å². The minimum absolute atomic E-state index is 0.307. The van der Waals surface area contributed by atoms with Crippen LogP contribution >= 0.6 is 11.6 Å². The molecular formula is C14H16ClFN2O. The molecule has 0 amide bonds. The van der Waals surface area contributed by atoms with Crippen LogP contribution in [0.3, 0.4) is 0 Å². The van der Waals surface area contributed by atoms with Crippen molar-refractivity contribution in [2.45, 2.75) is 31.2 Å². The van der Waals surface area contributed by atoms with E-state index >= 15 is 0 Å². The molecule has 1 atom stereocenters. The highest BCUT2D eigenvalue weighted by Gasteiger charge is 2.33. The number of allylic oxidation sites excluding steroid dienone is 1. The number of methoxy groups -OCH3 is 1. The molecule has 0 saturated carbocycles. The van der Waals surface area contributed by atoms with E-state index < -0.39 is 0 Å². The molecule has 3 rings (SSSR count). The second kappa shape index (κ2) is 4.93. The zero-order valence-corrected chi connectivity index (χ0v) is 11.5. The van der Waals surface area contributed by atoms with Gasteiger partial charge in [0.15, 0.2) is 5.82 Å². The fourth-order valence-electron chi connectivity index (χ4n) is 2.67. The van der Waals surface area contributed by atoms with E-state index in [1.54, 1.807) is 17.1 Å². The van der Waals surface area contributed by atoms with Crippen LogP contribution in [0.15, 0.2) is 29.5 Å². The van der Waals surface area contributed by atoms with Gasteiger partial charge in [-0.05, 0) is 43.4 Å². The third kappa shape index (κ3) is 2.14. The lowest BCUT2D eigenvalue weighted by molar-refractivity contribution is 0.411. The van der Waals surface area contributed by atoms with E-state index in [1.165, 1.54) is 18.7 Å². The first-order valence-corrected chi connectivity index (χ1v) is 6.90. The van der Waals surface area contributed by atoms with E-state index in [1.807, 2.05) is 0 Å². The van der Waals surface area contributed by atoms with Gasteiger partial charge in [-0.15, -0.1) is 0 Å². The van der Waals surface area contributed by atoms with Gasteiger partial charge in [-0.1, -0.05) is 11.6 Å². The van der Waals surface area contributed by atoms with Crippen molar-refractivity contribution in [2.75, 3.05) is 12.1 Å². The molecule has 2 aliphatic rings. The first kappa shape index (κ1) is 12.6. The SMILES string of the molecule is COc1ccc(N2NC3=C(CCCC3)C2Cl)c(F)c1. The highest BCUT2D eigenvalue weighted by atomic mass is 35.5. The molecule has 1 N–H and O–H groups in total. The smallest absolute Gasteiger partial charge is 0.152 e. The Morgan fingerprint density at radius 2 is 2.16 bits per heavy atom. The van der Waals surface area contributed by atoms with Gasteiger partial charge in [0.25, 0.3) is 0 Å². The van der Waals surface area contributed by atoms with Gasteiger partial charge in [-0.3, -0.25) is 5.01 Å². The topological polar surface area (TPSA) is 24.5 Å². The molecule has 1 aliphatic carbocycles. The van der Waals surface area contributed by atoms with Gasteiger partial charge < -0.3 is 10.2 Å². The fraction of sp³-hybridized carbons (Fsp3) is 0.429. The van der Waals surface area contributed by atoms with Crippen LogP contribution in [-0.4, -0.2) is 12.6 Å². The minimum Gasteiger partial charge on any atom is -0.497 e. The molecule has 0 saturated heterocycles. The van der Waals surface area contributed by atoms with Crippen LogP contribution in [0.5, 0.6) is 5.75 Å². The van der Waals surface area contributed by atoms with E-state index in [0.717, 1.165) is 31.4 Å². The molecule has 1 aliphatic heterocycles. The average Bonchev–Trinajstić information content (AvgIpc) is 2.76. The van der Waals surface area contributed by atoms with E-state index in [4.69, 9.17) is 16.3 Å². The second-order valence-corrected chi connectivity index (χ2v) is 5.26. The zero-order chi connectivity index (χ0) is 13.4. The van der Waals surface area contributed by atoms with Gasteiger partial charge in [-0.2, -0.15) is 0 Å². The highest BCUT2D eigenvalue weighted by molar-refractivity contribution is 6.24. The molecule has 5 heteroatoms. The van der Waals surface area contributed by atoms with Gasteiger partial charge in [0.1, 0.15) is 11.3 Å². The summed E-state index contributed by atoms with van der Waals surface area (Å²) in [4.78, 5) is 0. The number of halogens is 2. The van der Waals surface area contributed by atoms with Crippen molar-refractivity contribution in [3.63, 3.8) is 0 Å². The van der Waals surface area contributed by atoms with Crippen molar-refractivity contribution < 1.29 is 9.13 Å². The van der Waals surface area contributed by atoms with Crippen molar-refractivity contribution in [1.82, 2.24) is 5.43 Å². The van der Waals surface area contributed by atoms with Crippen LogP contribution in [0.4, 0.5) is 10.1 Å². The van der Waals surface area contributed by atoms with Gasteiger partial charge in [0, 0.05) is 11.8 Å². The molecule has 19 heavy (non-hydrogen) atoms. The molecule has 0 bridgehead atoms. The van der Waals surface area contributed by atoms with E-state index in [-0.39, 0.29) is 11.3 Å². The summed E-state index contributed by atoms with van der Waals surface area (Å²) in [5, 5.41) is 1.70. The number of benzene rings is 1. The number of ether oxygens (including phenoxy) is 1. The summed E-state index contributed by atoms with van der Waals surface area (Å²) < 4.78 is 19.1. The summed E-state index contributed by atoms with van der Waals surface area (Å²) in [6.45, 7) is 0. The number of hydrazine groups is 1. The first-order chi connectivity index (χ1) is 9.20. The molecule has 1 unspecified atom stereocenters. The number of hydrogen-bond donors (Lipinski definition) is 1. The number of nitrogens with one attached hydrogen (secondary N) is 1. The monoisotopic (exact) mass is 282 g/mol. The quantitative estimate of drug-likeness (QED) is 0.663. The molecule has 1 heterocycles. The summed E-state index contributed by atoms with van der Waals surface area (Å²) in [5.41, 5.74) is 5.74. The second-order valence-electron chi connectivity index (χ2n) is 4.85. The van der Waals surface area contributed by atoms with Crippen LogP contribution in [0.2, 0.25) is 0 Å². The number of rotatable bonds is 2. The van der Waals surface area contributed by atoms with Crippen LogP contribution in [-0.2, 0) is 0 Å². The summed E-state index contributed by atoms with van der Waals surface area (Å²) in [6.07, 6.45) is 4.30. The Balaban J connectivity index is 1.88. The number of anilines is 1. The molecule has 1 aromatic rings. The molecule has 0 spiro atoms. The summed E-state index contributed by atoms with van der Waals surface area (Å²) in [5.74, 6) is 0.168. The molecular weight excluding hydrogens is 267 g/mol. The summed E-state index contributed by atoms with van der Waals surface area (Å²) in [6, 6.07) is 4.80. The lowest BCUT2D eigenvalue weighted by atomic mass is 9.97. The standard InChI is InChI=1S/C14H16ClFN2O/c1-19-9-6-7-13(11(16)8-9)18-14(15)10-4-2-3-5-12(10)17-18/h6-8,14,17H,2-5H2,1H3. The van der Waals surface area contributed by atoms with Crippen molar-refractivity contribution in [3.05, 3.63) is 35.3 Å². The normalized spacial score (nSPS) is 22.3. The van der Waals surface area contributed by atoms with Crippen molar-refractivity contribution in [2.24, 2.45) is 0 Å². The maximum absolute atomic E-state index is 14.1. The lowest BCUT2D eigenvalue weighted by Gasteiger charge is -2.24. The van der Waals surface area contributed by atoms with Crippen molar-refractivity contribution in [3.8, 4) is 5.75 Å². The first-order valence-electron chi connectivity index (χ1n) is 6.46. The molecule has 0 aromatic heterocycles. The number of alkyl halides is 1. The Morgan fingerprint density at radius 3 is 2.84 bits per heavy atom. The molecule has 0 fully saturated rings. The third-order valence-electron chi connectivity index (χ3n) is 3.69. The van der Waals surface area contributed by atoms with Gasteiger partial charge in [0.2, 0.25) is 0 Å². The van der Waals surface area contributed by atoms with Crippen molar-refractivity contribution >= 4 is 17.3 Å². The van der Waals surface area contributed by atoms with Crippen LogP contribution in [0.25, 0.3) is 0 Å². The third-order valence-corrected chi connectivity index (χ3v) is 4.15. The largest absolute Gasteiger partial charge is 0.497 e.